The Kier molecular flexibility index (Phi) is 5.54. The molecule has 2 heterocycles. The minimum atomic E-state index is -0.195. The number of fused-ring (bicyclic) bond motifs is 1. The Balaban J connectivity index is 0.00000161. The summed E-state index contributed by atoms with van der Waals surface area (Å²) in [4.78, 5) is 7.04. The van der Waals surface area contributed by atoms with Gasteiger partial charge in [0.2, 0.25) is 0 Å². The lowest BCUT2D eigenvalue weighted by atomic mass is 9.91. The zero-order valence-electron chi connectivity index (χ0n) is 12.1. The molecule has 0 aliphatic carbocycles. The Hall–Kier alpha value is -0.750. The molecule has 2 unspecified atom stereocenters. The first-order valence-corrected chi connectivity index (χ1v) is 7.98. The van der Waals surface area contributed by atoms with Gasteiger partial charge < -0.3 is 5.73 Å². The quantitative estimate of drug-likeness (QED) is 0.938. The molecule has 1 saturated heterocycles. The van der Waals surface area contributed by atoms with E-state index in [0.717, 1.165) is 28.3 Å². The molecular weight excluding hydrogens is 309 g/mol. The van der Waals surface area contributed by atoms with Crippen LogP contribution in [0.2, 0.25) is 0 Å². The highest BCUT2D eigenvalue weighted by molar-refractivity contribution is 7.18. The zero-order valence-corrected chi connectivity index (χ0v) is 13.7. The van der Waals surface area contributed by atoms with Crippen LogP contribution in [0.1, 0.15) is 24.8 Å². The molecule has 3 nitrogen and oxygen atoms in total. The number of nitrogens with zero attached hydrogens (tertiary/aromatic N) is 2. The Morgan fingerprint density at radius 1 is 1.48 bits per heavy atom. The molecule has 1 aromatic heterocycles. The predicted molar refractivity (Wildman–Crippen MR) is 88.5 cm³/mol. The van der Waals surface area contributed by atoms with E-state index in [4.69, 9.17) is 5.73 Å². The number of benzene rings is 1. The van der Waals surface area contributed by atoms with Crippen LogP contribution in [0.25, 0.3) is 10.2 Å². The van der Waals surface area contributed by atoms with Gasteiger partial charge >= 0.3 is 0 Å². The number of hydrogen-bond donors (Lipinski definition) is 1. The van der Waals surface area contributed by atoms with Crippen molar-refractivity contribution in [2.75, 3.05) is 13.1 Å². The Morgan fingerprint density at radius 3 is 3.05 bits per heavy atom. The third-order valence-electron chi connectivity index (χ3n) is 4.21. The lowest BCUT2D eigenvalue weighted by Crippen LogP contribution is -2.47. The van der Waals surface area contributed by atoms with Crippen LogP contribution < -0.4 is 5.73 Å². The molecular formula is C15H21ClFN3S. The maximum absolute atomic E-state index is 13.2. The Morgan fingerprint density at radius 2 is 2.29 bits per heavy atom. The van der Waals surface area contributed by atoms with E-state index in [2.05, 4.69) is 16.8 Å². The molecule has 0 bridgehead atoms. The molecule has 2 aromatic rings. The number of thiazole rings is 1. The van der Waals surface area contributed by atoms with Crippen molar-refractivity contribution in [2.24, 2.45) is 11.7 Å². The van der Waals surface area contributed by atoms with E-state index in [1.165, 1.54) is 18.9 Å². The topological polar surface area (TPSA) is 42.2 Å². The van der Waals surface area contributed by atoms with Gasteiger partial charge in [-0.2, -0.15) is 0 Å². The van der Waals surface area contributed by atoms with Gasteiger partial charge in [0.1, 0.15) is 10.8 Å². The van der Waals surface area contributed by atoms with Crippen LogP contribution in [0.4, 0.5) is 4.39 Å². The SMILES string of the molecule is CC1CCCN(Cc2nc3ccc(F)cc3s2)C1CN.Cl. The molecule has 1 aliphatic heterocycles. The molecule has 2 atom stereocenters. The van der Waals surface area contributed by atoms with Gasteiger partial charge in [-0.3, -0.25) is 4.90 Å². The number of nitrogens with two attached hydrogens (primary N) is 1. The van der Waals surface area contributed by atoms with Crippen LogP contribution in [0.3, 0.4) is 0 Å². The Labute approximate surface area is 134 Å². The first-order chi connectivity index (χ1) is 9.67. The maximum Gasteiger partial charge on any atom is 0.124 e. The molecule has 6 heteroatoms. The fourth-order valence-corrected chi connectivity index (χ4v) is 4.12. The number of piperidine rings is 1. The predicted octanol–water partition coefficient (Wildman–Crippen LogP) is 3.42. The highest BCUT2D eigenvalue weighted by atomic mass is 35.5. The van der Waals surface area contributed by atoms with E-state index in [1.807, 2.05) is 0 Å². The number of hydrogen-bond acceptors (Lipinski definition) is 4. The molecule has 1 fully saturated rings. The van der Waals surface area contributed by atoms with Crippen molar-refractivity contribution >= 4 is 34.0 Å². The smallest absolute Gasteiger partial charge is 0.124 e. The summed E-state index contributed by atoms with van der Waals surface area (Å²) in [5.74, 6) is 0.444. The van der Waals surface area contributed by atoms with E-state index < -0.39 is 0 Å². The minimum Gasteiger partial charge on any atom is -0.329 e. The summed E-state index contributed by atoms with van der Waals surface area (Å²) in [5.41, 5.74) is 6.81. The van der Waals surface area contributed by atoms with Crippen LogP contribution >= 0.6 is 23.7 Å². The fraction of sp³-hybridized carbons (Fsp3) is 0.533. The van der Waals surface area contributed by atoms with E-state index in [9.17, 15) is 4.39 Å². The molecule has 1 aliphatic rings. The van der Waals surface area contributed by atoms with Gasteiger partial charge in [0, 0.05) is 12.6 Å². The summed E-state index contributed by atoms with van der Waals surface area (Å²) in [6.07, 6.45) is 2.47. The van der Waals surface area contributed by atoms with Crippen molar-refractivity contribution in [2.45, 2.75) is 32.4 Å². The van der Waals surface area contributed by atoms with Crippen molar-refractivity contribution in [3.8, 4) is 0 Å². The molecule has 1 aromatic carbocycles. The van der Waals surface area contributed by atoms with Crippen LogP contribution in [0, 0.1) is 11.7 Å². The van der Waals surface area contributed by atoms with E-state index in [0.29, 0.717) is 18.5 Å². The van der Waals surface area contributed by atoms with Crippen molar-refractivity contribution in [3.63, 3.8) is 0 Å². The van der Waals surface area contributed by atoms with Gasteiger partial charge in [-0.05, 0) is 43.5 Å². The summed E-state index contributed by atoms with van der Waals surface area (Å²) in [6, 6.07) is 5.23. The van der Waals surface area contributed by atoms with Gasteiger partial charge in [0.25, 0.3) is 0 Å². The van der Waals surface area contributed by atoms with Crippen LogP contribution in [-0.4, -0.2) is 29.0 Å². The molecule has 0 amide bonds. The molecule has 116 valence electrons. The second kappa shape index (κ2) is 7.01. The number of rotatable bonds is 3. The summed E-state index contributed by atoms with van der Waals surface area (Å²) >= 11 is 1.59. The van der Waals surface area contributed by atoms with Crippen LogP contribution in [0.5, 0.6) is 0 Å². The minimum absolute atomic E-state index is 0. The molecule has 21 heavy (non-hydrogen) atoms. The fourth-order valence-electron chi connectivity index (χ4n) is 3.10. The van der Waals surface area contributed by atoms with Crippen molar-refractivity contribution < 1.29 is 4.39 Å². The third kappa shape index (κ3) is 3.54. The summed E-state index contributed by atoms with van der Waals surface area (Å²) < 4.78 is 14.1. The molecule has 0 saturated carbocycles. The normalized spacial score (nSPS) is 23.2. The number of aromatic nitrogens is 1. The van der Waals surface area contributed by atoms with Gasteiger partial charge in [0.15, 0.2) is 0 Å². The summed E-state index contributed by atoms with van der Waals surface area (Å²) in [6.45, 7) is 4.88. The first-order valence-electron chi connectivity index (χ1n) is 7.16. The third-order valence-corrected chi connectivity index (χ3v) is 5.21. The average molecular weight is 330 g/mol. The molecule has 3 rings (SSSR count). The number of halogens is 2. The second-order valence-corrected chi connectivity index (χ2v) is 6.73. The average Bonchev–Trinajstić information content (AvgIpc) is 2.80. The lowest BCUT2D eigenvalue weighted by Gasteiger charge is -2.38. The van der Waals surface area contributed by atoms with E-state index in [1.54, 1.807) is 23.5 Å². The maximum atomic E-state index is 13.2. The van der Waals surface area contributed by atoms with E-state index >= 15 is 0 Å². The second-order valence-electron chi connectivity index (χ2n) is 5.61. The van der Waals surface area contributed by atoms with Crippen LogP contribution in [-0.2, 0) is 6.54 Å². The molecule has 0 radical (unpaired) electrons. The summed E-state index contributed by atoms with van der Waals surface area (Å²) in [5, 5.41) is 1.05. The highest BCUT2D eigenvalue weighted by Gasteiger charge is 2.27. The van der Waals surface area contributed by atoms with Gasteiger partial charge in [-0.15, -0.1) is 23.7 Å². The molecule has 2 N–H and O–H groups in total. The van der Waals surface area contributed by atoms with Gasteiger partial charge in [-0.1, -0.05) is 6.92 Å². The van der Waals surface area contributed by atoms with E-state index in [-0.39, 0.29) is 18.2 Å². The van der Waals surface area contributed by atoms with Gasteiger partial charge in [-0.25, -0.2) is 9.37 Å². The standard InChI is InChI=1S/C15H20FN3S.ClH/c1-10-3-2-6-19(13(10)8-17)9-15-18-12-5-4-11(16)7-14(12)20-15;/h4-5,7,10,13H,2-3,6,8-9,17H2,1H3;1H. The summed E-state index contributed by atoms with van der Waals surface area (Å²) in [7, 11) is 0. The van der Waals surface area contributed by atoms with Gasteiger partial charge in [0.05, 0.1) is 16.8 Å². The largest absolute Gasteiger partial charge is 0.329 e. The van der Waals surface area contributed by atoms with Crippen molar-refractivity contribution in [1.82, 2.24) is 9.88 Å². The zero-order chi connectivity index (χ0) is 14.1. The van der Waals surface area contributed by atoms with Crippen molar-refractivity contribution in [1.29, 1.82) is 0 Å². The van der Waals surface area contributed by atoms with Crippen molar-refractivity contribution in [3.05, 3.63) is 29.0 Å². The Bertz CT molecular complexity index is 604. The number of likely N-dealkylation sites (tertiary alicyclic amines) is 1. The monoisotopic (exact) mass is 329 g/mol. The molecule has 0 spiro atoms. The highest BCUT2D eigenvalue weighted by Crippen LogP contribution is 2.28. The lowest BCUT2D eigenvalue weighted by molar-refractivity contribution is 0.0990. The first kappa shape index (κ1) is 16.6. The van der Waals surface area contributed by atoms with Crippen LogP contribution in [0.15, 0.2) is 18.2 Å².